The van der Waals surface area contributed by atoms with Crippen molar-refractivity contribution in [3.8, 4) is 23.3 Å². The summed E-state index contributed by atoms with van der Waals surface area (Å²) in [5, 5.41) is 10.1. The first-order valence-electron chi connectivity index (χ1n) is 12.2. The predicted molar refractivity (Wildman–Crippen MR) is 159 cm³/mol. The smallest absolute Gasteiger partial charge is 0.347 e. The van der Waals surface area contributed by atoms with E-state index in [-0.39, 0.29) is 11.1 Å². The quantitative estimate of drug-likeness (QED) is 0.122. The summed E-state index contributed by atoms with van der Waals surface area (Å²) in [5.41, 5.74) is 2.45. The van der Waals surface area contributed by atoms with Crippen molar-refractivity contribution in [1.29, 1.82) is 5.26 Å². The zero-order valence-electron chi connectivity index (χ0n) is 22.5. The van der Waals surface area contributed by atoms with E-state index in [0.29, 0.717) is 28.4 Å². The summed E-state index contributed by atoms with van der Waals surface area (Å²) in [6.07, 6.45) is 7.43. The van der Waals surface area contributed by atoms with Gasteiger partial charge in [-0.15, -0.1) is 11.3 Å². The largest absolute Gasteiger partial charge is 0.496 e. The molecular formula is C32H27FN2O4S. The van der Waals surface area contributed by atoms with E-state index < -0.39 is 11.8 Å². The Morgan fingerprint density at radius 2 is 1.60 bits per heavy atom. The van der Waals surface area contributed by atoms with Crippen molar-refractivity contribution < 1.29 is 23.4 Å². The molecule has 40 heavy (non-hydrogen) atoms. The van der Waals surface area contributed by atoms with Gasteiger partial charge in [0.25, 0.3) is 0 Å². The Morgan fingerprint density at radius 3 is 2.27 bits per heavy atom. The minimum atomic E-state index is -0.584. The van der Waals surface area contributed by atoms with Gasteiger partial charge in [-0.3, -0.25) is 0 Å². The topological polar surface area (TPSA) is 71.8 Å². The third-order valence-corrected chi connectivity index (χ3v) is 7.14. The monoisotopic (exact) mass is 554 g/mol. The summed E-state index contributed by atoms with van der Waals surface area (Å²) in [6, 6.07) is 20.6. The summed E-state index contributed by atoms with van der Waals surface area (Å²) >= 11 is 1.68. The van der Waals surface area contributed by atoms with Gasteiger partial charge in [-0.1, -0.05) is 30.4 Å². The molecule has 1 heterocycles. The molecule has 1 aromatic heterocycles. The number of ether oxygens (including phenoxy) is 3. The Balaban J connectivity index is 1.48. The van der Waals surface area contributed by atoms with Crippen LogP contribution in [0.25, 0.3) is 24.3 Å². The summed E-state index contributed by atoms with van der Waals surface area (Å²) < 4.78 is 30.5. The van der Waals surface area contributed by atoms with E-state index >= 15 is 0 Å². The van der Waals surface area contributed by atoms with Gasteiger partial charge in [-0.2, -0.15) is 5.26 Å². The molecule has 0 spiro atoms. The van der Waals surface area contributed by atoms with E-state index in [1.54, 1.807) is 66.0 Å². The lowest BCUT2D eigenvalue weighted by atomic mass is 10.1. The van der Waals surface area contributed by atoms with Gasteiger partial charge in [-0.05, 0) is 65.7 Å². The van der Waals surface area contributed by atoms with E-state index in [1.807, 2.05) is 32.3 Å². The maximum Gasteiger partial charge on any atom is 0.347 e. The molecule has 0 bridgehead atoms. The molecule has 4 aromatic rings. The number of hydrogen-bond donors (Lipinski definition) is 0. The highest BCUT2D eigenvalue weighted by Crippen LogP contribution is 2.30. The van der Waals surface area contributed by atoms with Crippen LogP contribution in [-0.4, -0.2) is 34.3 Å². The highest BCUT2D eigenvalue weighted by Gasteiger charge is 2.16. The Morgan fingerprint density at radius 1 is 0.875 bits per heavy atom. The van der Waals surface area contributed by atoms with Gasteiger partial charge >= 0.3 is 5.97 Å². The molecule has 4 rings (SSSR count). The van der Waals surface area contributed by atoms with Crippen molar-refractivity contribution in [2.45, 2.75) is 0 Å². The minimum absolute atomic E-state index is 0.0132. The standard InChI is InChI=1S/C32H27FN2O4S/c1-35(2)31-16-14-26(40-31)13-7-22-8-15-27(30(18-22)38-4)32(36)39-25-12-11-23(29(19-25)37-3)9-5-21-6-10-24(20-34)28(33)17-21/h5-19H,1-4H3/b9-5+,13-7+. The average molecular weight is 555 g/mol. The van der Waals surface area contributed by atoms with Gasteiger partial charge in [0.1, 0.15) is 34.7 Å². The summed E-state index contributed by atoms with van der Waals surface area (Å²) in [4.78, 5) is 16.2. The van der Waals surface area contributed by atoms with Crippen LogP contribution < -0.4 is 19.1 Å². The molecule has 0 aliphatic carbocycles. The number of nitriles is 1. The average Bonchev–Trinajstić information content (AvgIpc) is 3.45. The fourth-order valence-electron chi connectivity index (χ4n) is 3.80. The summed E-state index contributed by atoms with van der Waals surface area (Å²) in [5.74, 6) is 0.00515. The summed E-state index contributed by atoms with van der Waals surface area (Å²) in [6.45, 7) is 0. The SMILES string of the molecule is COc1cc(OC(=O)c2ccc(/C=C/c3ccc(N(C)C)s3)cc2OC)ccc1/C=C/c1ccc(C#N)c(F)c1. The molecule has 0 aliphatic heterocycles. The van der Waals surface area contributed by atoms with Gasteiger partial charge in [0.15, 0.2) is 0 Å². The van der Waals surface area contributed by atoms with Crippen LogP contribution in [0.2, 0.25) is 0 Å². The van der Waals surface area contributed by atoms with E-state index in [0.717, 1.165) is 15.4 Å². The Hall–Kier alpha value is -4.87. The van der Waals surface area contributed by atoms with Gasteiger partial charge in [-0.25, -0.2) is 9.18 Å². The number of anilines is 1. The molecule has 0 unspecified atom stereocenters. The number of rotatable bonds is 9. The Labute approximate surface area is 236 Å². The Kier molecular flexibility index (Phi) is 9.00. The first kappa shape index (κ1) is 28.1. The first-order chi connectivity index (χ1) is 19.3. The van der Waals surface area contributed by atoms with Crippen LogP contribution in [0, 0.1) is 17.1 Å². The second-order valence-electron chi connectivity index (χ2n) is 8.84. The van der Waals surface area contributed by atoms with Crippen LogP contribution in [0.3, 0.4) is 0 Å². The van der Waals surface area contributed by atoms with Gasteiger partial charge in [0.2, 0.25) is 0 Å². The lowest BCUT2D eigenvalue weighted by Gasteiger charge is -2.11. The van der Waals surface area contributed by atoms with Gasteiger partial charge < -0.3 is 19.1 Å². The fraction of sp³-hybridized carbons (Fsp3) is 0.125. The molecule has 0 atom stereocenters. The van der Waals surface area contributed by atoms with E-state index in [4.69, 9.17) is 19.5 Å². The lowest BCUT2D eigenvalue weighted by Crippen LogP contribution is -2.10. The maximum absolute atomic E-state index is 13.9. The van der Waals surface area contributed by atoms with Crippen LogP contribution in [0.5, 0.6) is 17.2 Å². The highest BCUT2D eigenvalue weighted by molar-refractivity contribution is 7.16. The molecular weight excluding hydrogens is 527 g/mol. The normalized spacial score (nSPS) is 11.0. The molecule has 0 aliphatic rings. The highest BCUT2D eigenvalue weighted by atomic mass is 32.1. The number of nitrogens with zero attached hydrogens (tertiary/aromatic N) is 2. The fourth-order valence-corrected chi connectivity index (χ4v) is 4.63. The van der Waals surface area contributed by atoms with Crippen molar-refractivity contribution >= 4 is 46.6 Å². The van der Waals surface area contributed by atoms with Crippen molar-refractivity contribution in [2.75, 3.05) is 33.2 Å². The molecule has 0 amide bonds. The van der Waals surface area contributed by atoms with Crippen molar-refractivity contribution in [3.63, 3.8) is 0 Å². The second kappa shape index (κ2) is 12.8. The van der Waals surface area contributed by atoms with Gasteiger partial charge in [0.05, 0.1) is 24.8 Å². The molecule has 3 aromatic carbocycles. The molecule has 0 N–H and O–H groups in total. The van der Waals surface area contributed by atoms with E-state index in [9.17, 15) is 9.18 Å². The third-order valence-electron chi connectivity index (χ3n) is 5.92. The molecule has 8 heteroatoms. The first-order valence-corrected chi connectivity index (χ1v) is 13.0. The number of carbonyl (C=O) groups is 1. The molecule has 6 nitrogen and oxygen atoms in total. The van der Waals surface area contributed by atoms with Crippen molar-refractivity contribution in [2.24, 2.45) is 0 Å². The number of halogens is 1. The number of hydrogen-bond acceptors (Lipinski definition) is 7. The maximum atomic E-state index is 13.9. The predicted octanol–water partition coefficient (Wildman–Crippen LogP) is 7.40. The summed E-state index contributed by atoms with van der Waals surface area (Å²) in [7, 11) is 7.02. The minimum Gasteiger partial charge on any atom is -0.496 e. The van der Waals surface area contributed by atoms with Crippen LogP contribution in [-0.2, 0) is 0 Å². The third kappa shape index (κ3) is 6.76. The van der Waals surface area contributed by atoms with Crippen LogP contribution in [0.4, 0.5) is 9.39 Å². The van der Waals surface area contributed by atoms with E-state index in [1.165, 1.54) is 26.4 Å². The molecule has 0 saturated carbocycles. The van der Waals surface area contributed by atoms with Crippen LogP contribution in [0.1, 0.15) is 37.5 Å². The van der Waals surface area contributed by atoms with Gasteiger partial charge in [0, 0.05) is 30.6 Å². The molecule has 202 valence electrons. The number of thiophene rings is 1. The second-order valence-corrected chi connectivity index (χ2v) is 9.93. The lowest BCUT2D eigenvalue weighted by molar-refractivity contribution is 0.0731. The Bertz CT molecular complexity index is 1630. The number of carbonyl (C=O) groups excluding carboxylic acids is 1. The zero-order chi connectivity index (χ0) is 28.6. The van der Waals surface area contributed by atoms with Crippen molar-refractivity contribution in [1.82, 2.24) is 0 Å². The van der Waals surface area contributed by atoms with Crippen LogP contribution in [0.15, 0.2) is 66.7 Å². The van der Waals surface area contributed by atoms with Crippen molar-refractivity contribution in [3.05, 3.63) is 105 Å². The molecule has 0 radical (unpaired) electrons. The molecule has 0 saturated heterocycles. The number of benzene rings is 3. The number of methoxy groups -OCH3 is 2. The van der Waals surface area contributed by atoms with E-state index in [2.05, 4.69) is 17.0 Å². The number of esters is 1. The zero-order valence-corrected chi connectivity index (χ0v) is 23.3. The molecule has 0 fully saturated rings. The van der Waals surface area contributed by atoms with Crippen LogP contribution >= 0.6 is 11.3 Å².